The van der Waals surface area contributed by atoms with Gasteiger partial charge in [0.05, 0.1) is 7.11 Å². The molecule has 0 aromatic heterocycles. The zero-order chi connectivity index (χ0) is 11.1. The number of Topliss-reactive ketones (excluding diaryl/α,β-unsaturated/α-hetero) is 1. The maximum absolute atomic E-state index is 11.8. The first-order valence-electron chi connectivity index (χ1n) is 4.69. The molecule has 0 saturated carbocycles. The van der Waals surface area contributed by atoms with Gasteiger partial charge in [-0.3, -0.25) is 4.79 Å². The summed E-state index contributed by atoms with van der Waals surface area (Å²) in [7, 11) is 1.58. The summed E-state index contributed by atoms with van der Waals surface area (Å²) in [5.41, 5.74) is -0.0733. The molecule has 0 fully saturated rings. The molecule has 3 nitrogen and oxygen atoms in total. The first kappa shape index (κ1) is 9.93. The van der Waals surface area contributed by atoms with Crippen molar-refractivity contribution in [1.82, 2.24) is 0 Å². The smallest absolute Gasteiger partial charge is 0.198 e. The lowest BCUT2D eigenvalue weighted by Gasteiger charge is -2.23. The van der Waals surface area contributed by atoms with Gasteiger partial charge in [0, 0.05) is 5.56 Å². The summed E-state index contributed by atoms with van der Waals surface area (Å²) in [4.78, 5) is 11.8. The third-order valence-corrected chi connectivity index (χ3v) is 2.55. The number of ether oxygens (including phenoxy) is 1. The zero-order valence-corrected chi connectivity index (χ0v) is 8.65. The third-order valence-electron chi connectivity index (χ3n) is 2.55. The van der Waals surface area contributed by atoms with Crippen LogP contribution in [0.4, 0.5) is 0 Å². The van der Waals surface area contributed by atoms with Gasteiger partial charge >= 0.3 is 0 Å². The number of carbonyl (C=O) groups is 1. The molecule has 1 aromatic carbocycles. The SMILES string of the molecule is COc1ccc2c(c1)C=CC(C)(O)C2=O. The maximum Gasteiger partial charge on any atom is 0.198 e. The van der Waals surface area contributed by atoms with E-state index in [0.717, 1.165) is 5.56 Å². The molecular formula is C12H12O3. The third kappa shape index (κ3) is 1.55. The summed E-state index contributed by atoms with van der Waals surface area (Å²) in [6, 6.07) is 5.17. The van der Waals surface area contributed by atoms with E-state index in [1.165, 1.54) is 13.0 Å². The van der Waals surface area contributed by atoms with Crippen LogP contribution in [0.3, 0.4) is 0 Å². The average Bonchev–Trinajstić information content (AvgIpc) is 2.23. The van der Waals surface area contributed by atoms with Crippen molar-refractivity contribution in [3.05, 3.63) is 35.4 Å². The molecule has 2 rings (SSSR count). The lowest BCUT2D eigenvalue weighted by atomic mass is 9.86. The highest BCUT2D eigenvalue weighted by molar-refractivity contribution is 6.08. The molecule has 15 heavy (non-hydrogen) atoms. The second-order valence-corrected chi connectivity index (χ2v) is 3.76. The van der Waals surface area contributed by atoms with Gasteiger partial charge in [-0.2, -0.15) is 0 Å². The largest absolute Gasteiger partial charge is 0.497 e. The number of methoxy groups -OCH3 is 1. The van der Waals surface area contributed by atoms with Crippen molar-refractivity contribution in [2.24, 2.45) is 0 Å². The Balaban J connectivity index is 2.54. The number of hydrogen-bond acceptors (Lipinski definition) is 3. The highest BCUT2D eigenvalue weighted by atomic mass is 16.5. The molecule has 1 aliphatic rings. The molecule has 0 saturated heterocycles. The van der Waals surface area contributed by atoms with E-state index < -0.39 is 5.60 Å². The van der Waals surface area contributed by atoms with Gasteiger partial charge in [-0.1, -0.05) is 6.08 Å². The van der Waals surface area contributed by atoms with Crippen molar-refractivity contribution in [2.75, 3.05) is 7.11 Å². The Hall–Kier alpha value is -1.61. The molecule has 1 aliphatic carbocycles. The van der Waals surface area contributed by atoms with Crippen molar-refractivity contribution in [3.63, 3.8) is 0 Å². The normalized spacial score (nSPS) is 23.8. The number of fused-ring (bicyclic) bond motifs is 1. The van der Waals surface area contributed by atoms with Crippen LogP contribution >= 0.6 is 0 Å². The fraction of sp³-hybridized carbons (Fsp3) is 0.250. The number of benzene rings is 1. The molecule has 0 heterocycles. The molecule has 78 valence electrons. The van der Waals surface area contributed by atoms with E-state index in [1.54, 1.807) is 31.4 Å². The molecule has 0 spiro atoms. The number of rotatable bonds is 1. The van der Waals surface area contributed by atoms with Crippen LogP contribution in [0.5, 0.6) is 5.75 Å². The average molecular weight is 204 g/mol. The molecule has 3 heteroatoms. The van der Waals surface area contributed by atoms with Crippen molar-refractivity contribution in [1.29, 1.82) is 0 Å². The maximum atomic E-state index is 11.8. The fourth-order valence-electron chi connectivity index (χ4n) is 1.61. The monoisotopic (exact) mass is 204 g/mol. The molecule has 1 aromatic rings. The Labute approximate surface area is 88.0 Å². The van der Waals surface area contributed by atoms with Crippen LogP contribution in [0.15, 0.2) is 24.3 Å². The van der Waals surface area contributed by atoms with Crippen LogP contribution in [0.2, 0.25) is 0 Å². The van der Waals surface area contributed by atoms with E-state index in [0.29, 0.717) is 11.3 Å². The molecule has 0 bridgehead atoms. The summed E-state index contributed by atoms with van der Waals surface area (Å²) in [5.74, 6) is 0.426. The minimum Gasteiger partial charge on any atom is -0.497 e. The highest BCUT2D eigenvalue weighted by Crippen LogP contribution is 2.28. The Kier molecular flexibility index (Phi) is 2.12. The van der Waals surface area contributed by atoms with E-state index >= 15 is 0 Å². The Morgan fingerprint density at radius 2 is 2.13 bits per heavy atom. The van der Waals surface area contributed by atoms with Crippen molar-refractivity contribution in [3.8, 4) is 5.75 Å². The second-order valence-electron chi connectivity index (χ2n) is 3.76. The Morgan fingerprint density at radius 3 is 2.80 bits per heavy atom. The predicted octanol–water partition coefficient (Wildman–Crippen LogP) is 1.66. The van der Waals surface area contributed by atoms with Gasteiger partial charge in [-0.25, -0.2) is 0 Å². The van der Waals surface area contributed by atoms with Crippen LogP contribution in [0.25, 0.3) is 6.08 Å². The molecule has 0 radical (unpaired) electrons. The first-order chi connectivity index (χ1) is 7.04. The number of aliphatic hydroxyl groups is 1. The number of hydrogen-bond donors (Lipinski definition) is 1. The molecule has 1 atom stereocenters. The van der Waals surface area contributed by atoms with E-state index in [2.05, 4.69) is 0 Å². The number of ketones is 1. The predicted molar refractivity (Wildman–Crippen MR) is 57.0 cm³/mol. The minimum atomic E-state index is -1.39. The van der Waals surface area contributed by atoms with Gasteiger partial charge < -0.3 is 9.84 Å². The summed E-state index contributed by atoms with van der Waals surface area (Å²) in [6.45, 7) is 1.49. The summed E-state index contributed by atoms with van der Waals surface area (Å²) >= 11 is 0. The van der Waals surface area contributed by atoms with Gasteiger partial charge in [0.15, 0.2) is 5.78 Å². The van der Waals surface area contributed by atoms with E-state index in [-0.39, 0.29) is 5.78 Å². The van der Waals surface area contributed by atoms with Gasteiger partial charge in [0.25, 0.3) is 0 Å². The van der Waals surface area contributed by atoms with E-state index in [4.69, 9.17) is 4.74 Å². The van der Waals surface area contributed by atoms with Gasteiger partial charge in [-0.05, 0) is 36.8 Å². The van der Waals surface area contributed by atoms with Gasteiger partial charge in [0.2, 0.25) is 0 Å². The van der Waals surface area contributed by atoms with Gasteiger partial charge in [-0.15, -0.1) is 0 Å². The van der Waals surface area contributed by atoms with E-state index in [1.807, 2.05) is 0 Å². The molecule has 0 amide bonds. The quantitative estimate of drug-likeness (QED) is 0.756. The number of carbonyl (C=O) groups excluding carboxylic acids is 1. The zero-order valence-electron chi connectivity index (χ0n) is 8.65. The van der Waals surface area contributed by atoms with Gasteiger partial charge in [0.1, 0.15) is 11.4 Å². The summed E-state index contributed by atoms with van der Waals surface area (Å²) < 4.78 is 5.06. The van der Waals surface area contributed by atoms with Crippen LogP contribution in [0.1, 0.15) is 22.8 Å². The molecule has 0 aliphatic heterocycles. The topological polar surface area (TPSA) is 46.5 Å². The second kappa shape index (κ2) is 3.21. The summed E-state index contributed by atoms with van der Waals surface area (Å²) in [6.07, 6.45) is 3.23. The molecule has 1 N–H and O–H groups in total. The summed E-state index contributed by atoms with van der Waals surface area (Å²) in [5, 5.41) is 9.75. The van der Waals surface area contributed by atoms with Crippen LogP contribution in [-0.2, 0) is 0 Å². The molecule has 1 unspecified atom stereocenters. The Morgan fingerprint density at radius 1 is 1.40 bits per heavy atom. The lowest BCUT2D eigenvalue weighted by molar-refractivity contribution is 0.0589. The molecular weight excluding hydrogens is 192 g/mol. The van der Waals surface area contributed by atoms with Crippen molar-refractivity contribution >= 4 is 11.9 Å². The first-order valence-corrected chi connectivity index (χ1v) is 4.69. The standard InChI is InChI=1S/C12H12O3/c1-12(14)6-5-8-7-9(15-2)3-4-10(8)11(12)13/h3-7,14H,1-2H3. The van der Waals surface area contributed by atoms with Crippen molar-refractivity contribution < 1.29 is 14.6 Å². The Bertz CT molecular complexity index is 444. The van der Waals surface area contributed by atoms with Crippen LogP contribution in [0, 0.1) is 0 Å². The fourth-order valence-corrected chi connectivity index (χ4v) is 1.61. The van der Waals surface area contributed by atoms with Crippen molar-refractivity contribution in [2.45, 2.75) is 12.5 Å². The van der Waals surface area contributed by atoms with E-state index in [9.17, 15) is 9.90 Å². The van der Waals surface area contributed by atoms with Crippen LogP contribution in [-0.4, -0.2) is 23.6 Å². The highest BCUT2D eigenvalue weighted by Gasteiger charge is 2.32. The minimum absolute atomic E-state index is 0.275. The lowest BCUT2D eigenvalue weighted by Crippen LogP contribution is -2.35. The van der Waals surface area contributed by atoms with Crippen LogP contribution < -0.4 is 4.74 Å².